The molecule has 5 heteroatoms. The molecule has 84 valence electrons. The molecule has 0 heterocycles. The predicted molar refractivity (Wildman–Crippen MR) is 55.0 cm³/mol. The van der Waals surface area contributed by atoms with Crippen molar-refractivity contribution in [3.8, 4) is 11.5 Å². The van der Waals surface area contributed by atoms with Crippen LogP contribution >= 0.6 is 11.6 Å². The lowest BCUT2D eigenvalue weighted by atomic mass is 10.1. The van der Waals surface area contributed by atoms with Crippen LogP contribution in [0.3, 0.4) is 0 Å². The van der Waals surface area contributed by atoms with Crippen molar-refractivity contribution in [2.75, 3.05) is 13.7 Å². The molecule has 0 atom stereocenters. The monoisotopic (exact) mass is 234 g/mol. The van der Waals surface area contributed by atoms with E-state index in [9.17, 15) is 9.50 Å². The van der Waals surface area contributed by atoms with Gasteiger partial charge in [0.15, 0.2) is 11.5 Å². The van der Waals surface area contributed by atoms with Crippen molar-refractivity contribution in [3.63, 3.8) is 0 Å². The summed E-state index contributed by atoms with van der Waals surface area (Å²) in [5.74, 6) is -0.786. The van der Waals surface area contributed by atoms with Gasteiger partial charge >= 0.3 is 0 Å². The van der Waals surface area contributed by atoms with Gasteiger partial charge in [0.2, 0.25) is 0 Å². The minimum atomic E-state index is -0.664. The molecule has 0 unspecified atom stereocenters. The van der Waals surface area contributed by atoms with Gasteiger partial charge in [-0.05, 0) is 12.8 Å². The average Bonchev–Trinajstić information content (AvgIpc) is 2.23. The fourth-order valence-electron chi connectivity index (χ4n) is 1.28. The van der Waals surface area contributed by atoms with Gasteiger partial charge in [0, 0.05) is 18.2 Å². The Morgan fingerprint density at radius 3 is 2.73 bits per heavy atom. The van der Waals surface area contributed by atoms with Crippen LogP contribution in [0.2, 0.25) is 5.02 Å². The fraction of sp³-hybridized carbons (Fsp3) is 0.400. The number of methoxy groups -OCH3 is 1. The Labute approximate surface area is 92.1 Å². The van der Waals surface area contributed by atoms with Crippen LogP contribution < -0.4 is 4.74 Å². The molecular formula is C10H12ClFO3. The topological polar surface area (TPSA) is 49.7 Å². The second kappa shape index (κ2) is 5.19. The van der Waals surface area contributed by atoms with Crippen LogP contribution in [-0.2, 0) is 6.42 Å². The van der Waals surface area contributed by atoms with E-state index in [1.165, 1.54) is 13.2 Å². The summed E-state index contributed by atoms with van der Waals surface area (Å²) >= 11 is 5.62. The highest BCUT2D eigenvalue weighted by Crippen LogP contribution is 2.36. The molecule has 3 nitrogen and oxygen atoms in total. The molecule has 1 rings (SSSR count). The second-order valence-electron chi connectivity index (χ2n) is 3.03. The van der Waals surface area contributed by atoms with E-state index in [1.807, 2.05) is 0 Å². The van der Waals surface area contributed by atoms with Crippen LogP contribution in [0.4, 0.5) is 4.39 Å². The van der Waals surface area contributed by atoms with Crippen LogP contribution in [0, 0.1) is 5.82 Å². The maximum atomic E-state index is 13.5. The number of aliphatic hydroxyl groups excluding tert-OH is 1. The number of ether oxygens (including phenoxy) is 1. The van der Waals surface area contributed by atoms with Crippen molar-refractivity contribution >= 4 is 11.6 Å². The zero-order valence-corrected chi connectivity index (χ0v) is 9.01. The molecule has 0 aliphatic heterocycles. The van der Waals surface area contributed by atoms with Gasteiger partial charge in [-0.25, -0.2) is 4.39 Å². The molecular weight excluding hydrogens is 223 g/mol. The van der Waals surface area contributed by atoms with Gasteiger partial charge in [0.25, 0.3) is 0 Å². The fourth-order valence-corrected chi connectivity index (χ4v) is 1.50. The Bertz CT molecular complexity index is 355. The summed E-state index contributed by atoms with van der Waals surface area (Å²) < 4.78 is 18.3. The van der Waals surface area contributed by atoms with Gasteiger partial charge in [0.05, 0.1) is 12.1 Å². The SMILES string of the molecule is COc1cc(Cl)c(F)c(CCCO)c1O. The molecule has 1 aromatic rings. The van der Waals surface area contributed by atoms with Crippen LogP contribution in [-0.4, -0.2) is 23.9 Å². The lowest BCUT2D eigenvalue weighted by Crippen LogP contribution is -1.97. The minimum absolute atomic E-state index is 0.0757. The standard InChI is InChI=1S/C10H12ClFO3/c1-15-8-5-7(11)9(12)6(10(8)14)3-2-4-13/h5,13-14H,2-4H2,1H3. The van der Waals surface area contributed by atoms with Crippen molar-refractivity contribution in [1.82, 2.24) is 0 Å². The summed E-state index contributed by atoms with van der Waals surface area (Å²) in [6, 6.07) is 1.22. The van der Waals surface area contributed by atoms with Crippen LogP contribution in [0.25, 0.3) is 0 Å². The number of aliphatic hydroxyl groups is 1. The third kappa shape index (κ3) is 2.52. The number of halogens is 2. The summed E-state index contributed by atoms with van der Waals surface area (Å²) in [6.45, 7) is -0.0757. The number of hydrogen-bond donors (Lipinski definition) is 2. The average molecular weight is 235 g/mol. The summed E-state index contributed by atoms with van der Waals surface area (Å²) in [6.07, 6.45) is 0.569. The molecule has 0 saturated heterocycles. The lowest BCUT2D eigenvalue weighted by Gasteiger charge is -2.10. The summed E-state index contributed by atoms with van der Waals surface area (Å²) in [7, 11) is 1.36. The Balaban J connectivity index is 3.15. The highest BCUT2D eigenvalue weighted by Gasteiger charge is 2.16. The van der Waals surface area contributed by atoms with E-state index in [-0.39, 0.29) is 35.1 Å². The van der Waals surface area contributed by atoms with Crippen LogP contribution in [0.15, 0.2) is 6.07 Å². The van der Waals surface area contributed by atoms with Gasteiger partial charge in [0.1, 0.15) is 5.82 Å². The van der Waals surface area contributed by atoms with Crippen molar-refractivity contribution < 1.29 is 19.3 Å². The third-order valence-electron chi connectivity index (χ3n) is 2.06. The first-order valence-corrected chi connectivity index (χ1v) is 4.84. The highest BCUT2D eigenvalue weighted by atomic mass is 35.5. The predicted octanol–water partition coefficient (Wildman–Crippen LogP) is 2.12. The number of aromatic hydroxyl groups is 1. The van der Waals surface area contributed by atoms with Crippen LogP contribution in [0.1, 0.15) is 12.0 Å². The lowest BCUT2D eigenvalue weighted by molar-refractivity contribution is 0.286. The van der Waals surface area contributed by atoms with Gasteiger partial charge < -0.3 is 14.9 Å². The number of benzene rings is 1. The van der Waals surface area contributed by atoms with Gasteiger partial charge in [-0.3, -0.25) is 0 Å². The largest absolute Gasteiger partial charge is 0.504 e. The van der Waals surface area contributed by atoms with E-state index in [2.05, 4.69) is 0 Å². The van der Waals surface area contributed by atoms with E-state index < -0.39 is 5.82 Å². The van der Waals surface area contributed by atoms with Gasteiger partial charge in [-0.1, -0.05) is 11.6 Å². The molecule has 0 radical (unpaired) electrons. The molecule has 0 saturated carbocycles. The maximum absolute atomic E-state index is 13.5. The normalized spacial score (nSPS) is 10.4. The number of hydrogen-bond acceptors (Lipinski definition) is 3. The summed E-state index contributed by atoms with van der Waals surface area (Å²) in [4.78, 5) is 0. The first-order valence-electron chi connectivity index (χ1n) is 4.46. The molecule has 0 amide bonds. The van der Waals surface area contributed by atoms with Crippen molar-refractivity contribution in [1.29, 1.82) is 0 Å². The number of rotatable bonds is 4. The van der Waals surface area contributed by atoms with Gasteiger partial charge in [-0.2, -0.15) is 0 Å². The van der Waals surface area contributed by atoms with E-state index in [4.69, 9.17) is 21.4 Å². The van der Waals surface area contributed by atoms with E-state index >= 15 is 0 Å². The van der Waals surface area contributed by atoms with E-state index in [0.29, 0.717) is 6.42 Å². The molecule has 0 fully saturated rings. The molecule has 2 N–H and O–H groups in total. The Morgan fingerprint density at radius 1 is 1.53 bits per heavy atom. The molecule has 0 spiro atoms. The molecule has 0 aromatic heterocycles. The molecule has 1 aromatic carbocycles. The third-order valence-corrected chi connectivity index (χ3v) is 2.33. The number of phenolic OH excluding ortho intramolecular Hbond substituents is 1. The number of phenols is 1. The Morgan fingerprint density at radius 2 is 2.20 bits per heavy atom. The van der Waals surface area contributed by atoms with Crippen molar-refractivity contribution in [2.24, 2.45) is 0 Å². The zero-order chi connectivity index (χ0) is 11.4. The minimum Gasteiger partial charge on any atom is -0.504 e. The summed E-state index contributed by atoms with van der Waals surface area (Å²) in [5, 5.41) is 18.2. The molecule has 15 heavy (non-hydrogen) atoms. The van der Waals surface area contributed by atoms with Crippen LogP contribution in [0.5, 0.6) is 11.5 Å². The van der Waals surface area contributed by atoms with E-state index in [0.717, 1.165) is 0 Å². The first-order chi connectivity index (χ1) is 7.11. The summed E-state index contributed by atoms with van der Waals surface area (Å²) in [5.41, 5.74) is 0.0772. The molecule has 0 bridgehead atoms. The highest BCUT2D eigenvalue weighted by molar-refractivity contribution is 6.31. The van der Waals surface area contributed by atoms with Gasteiger partial charge in [-0.15, -0.1) is 0 Å². The zero-order valence-electron chi connectivity index (χ0n) is 8.26. The second-order valence-corrected chi connectivity index (χ2v) is 3.44. The Hall–Kier alpha value is -1.00. The molecule has 0 aliphatic carbocycles. The first kappa shape index (κ1) is 12.1. The van der Waals surface area contributed by atoms with Crippen molar-refractivity contribution in [2.45, 2.75) is 12.8 Å². The Kier molecular flexibility index (Phi) is 4.17. The van der Waals surface area contributed by atoms with Crippen molar-refractivity contribution in [3.05, 3.63) is 22.5 Å². The maximum Gasteiger partial charge on any atom is 0.163 e. The van der Waals surface area contributed by atoms with E-state index in [1.54, 1.807) is 0 Å². The quantitative estimate of drug-likeness (QED) is 0.839. The molecule has 0 aliphatic rings. The smallest absolute Gasteiger partial charge is 0.163 e.